The summed E-state index contributed by atoms with van der Waals surface area (Å²) in [7, 11) is 0. The van der Waals surface area contributed by atoms with E-state index in [0.29, 0.717) is 11.5 Å². The number of nitrogens with zero attached hydrogens (tertiary/aromatic N) is 1. The molecule has 1 saturated carbocycles. The van der Waals surface area contributed by atoms with Gasteiger partial charge >= 0.3 is 0 Å². The van der Waals surface area contributed by atoms with E-state index in [9.17, 15) is 0 Å². The van der Waals surface area contributed by atoms with Gasteiger partial charge in [0.25, 0.3) is 0 Å². The predicted octanol–water partition coefficient (Wildman–Crippen LogP) is 4.23. The summed E-state index contributed by atoms with van der Waals surface area (Å²) in [6.45, 7) is 4.71. The number of benzene rings is 1. The van der Waals surface area contributed by atoms with E-state index < -0.39 is 0 Å². The Morgan fingerprint density at radius 3 is 2.83 bits per heavy atom. The van der Waals surface area contributed by atoms with Crippen LogP contribution in [-0.4, -0.2) is 11.0 Å². The van der Waals surface area contributed by atoms with Gasteiger partial charge in [-0.25, -0.2) is 0 Å². The summed E-state index contributed by atoms with van der Waals surface area (Å²) in [6.07, 6.45) is 5.68. The number of nitrogens with one attached hydrogen (secondary N) is 1. The van der Waals surface area contributed by atoms with E-state index in [2.05, 4.69) is 48.4 Å². The number of pyridine rings is 1. The molecule has 0 bridgehead atoms. The number of aromatic nitrogens is 1. The Labute approximate surface area is 108 Å². The first kappa shape index (κ1) is 11.5. The number of hydrogen-bond acceptors (Lipinski definition) is 2. The summed E-state index contributed by atoms with van der Waals surface area (Å²) in [5.41, 5.74) is 2.75. The molecule has 1 fully saturated rings. The maximum atomic E-state index is 4.50. The second kappa shape index (κ2) is 4.27. The molecule has 0 aliphatic heterocycles. The van der Waals surface area contributed by atoms with E-state index in [0.717, 1.165) is 5.52 Å². The third-order valence-corrected chi connectivity index (χ3v) is 3.96. The van der Waals surface area contributed by atoms with Crippen LogP contribution in [0.5, 0.6) is 0 Å². The van der Waals surface area contributed by atoms with Gasteiger partial charge in [0.2, 0.25) is 0 Å². The van der Waals surface area contributed by atoms with Gasteiger partial charge in [0, 0.05) is 17.6 Å². The van der Waals surface area contributed by atoms with Crippen LogP contribution in [-0.2, 0) is 0 Å². The lowest BCUT2D eigenvalue weighted by atomic mass is 9.92. The number of hydrogen-bond donors (Lipinski definition) is 1. The van der Waals surface area contributed by atoms with Crippen LogP contribution in [0.4, 0.5) is 5.69 Å². The molecule has 94 valence electrons. The van der Waals surface area contributed by atoms with Crippen molar-refractivity contribution in [3.8, 4) is 0 Å². The van der Waals surface area contributed by atoms with Crippen molar-refractivity contribution in [1.29, 1.82) is 0 Å². The largest absolute Gasteiger partial charge is 0.381 e. The lowest BCUT2D eigenvalue weighted by Gasteiger charge is -2.19. The van der Waals surface area contributed by atoms with Crippen LogP contribution < -0.4 is 5.32 Å². The molecule has 2 aromatic rings. The van der Waals surface area contributed by atoms with Crippen molar-refractivity contribution in [2.24, 2.45) is 5.41 Å². The second-order valence-corrected chi connectivity index (χ2v) is 6.13. The molecule has 3 rings (SSSR count). The summed E-state index contributed by atoms with van der Waals surface area (Å²) in [6, 6.07) is 11.1. The first-order valence-electron chi connectivity index (χ1n) is 6.74. The minimum absolute atomic E-state index is 0.482. The summed E-state index contributed by atoms with van der Waals surface area (Å²) in [5.74, 6) is 0. The van der Waals surface area contributed by atoms with Gasteiger partial charge in [-0.1, -0.05) is 32.0 Å². The Morgan fingerprint density at radius 1 is 1.22 bits per heavy atom. The zero-order chi connectivity index (χ0) is 12.6. The monoisotopic (exact) mass is 240 g/mol. The molecule has 0 radical (unpaired) electrons. The van der Waals surface area contributed by atoms with Gasteiger partial charge in [0.1, 0.15) is 0 Å². The van der Waals surface area contributed by atoms with E-state index in [4.69, 9.17) is 0 Å². The zero-order valence-electron chi connectivity index (χ0n) is 11.1. The van der Waals surface area contributed by atoms with Crippen molar-refractivity contribution in [3.63, 3.8) is 0 Å². The molecular formula is C16H20N2. The molecule has 2 heteroatoms. The van der Waals surface area contributed by atoms with Crippen LogP contribution >= 0.6 is 0 Å². The molecule has 1 atom stereocenters. The summed E-state index contributed by atoms with van der Waals surface area (Å²) < 4.78 is 0. The fourth-order valence-corrected chi connectivity index (χ4v) is 3.00. The zero-order valence-corrected chi connectivity index (χ0v) is 11.1. The minimum atomic E-state index is 0.482. The molecule has 1 aliphatic carbocycles. The van der Waals surface area contributed by atoms with Gasteiger partial charge in [-0.05, 0) is 36.8 Å². The highest BCUT2D eigenvalue weighted by Gasteiger charge is 2.30. The van der Waals surface area contributed by atoms with Crippen LogP contribution in [0.25, 0.3) is 10.9 Å². The molecule has 1 N–H and O–H groups in total. The third-order valence-electron chi connectivity index (χ3n) is 3.96. The molecule has 1 unspecified atom stereocenters. The fourth-order valence-electron chi connectivity index (χ4n) is 3.00. The van der Waals surface area contributed by atoms with E-state index in [1.807, 2.05) is 12.3 Å². The average molecular weight is 240 g/mol. The van der Waals surface area contributed by atoms with Gasteiger partial charge in [-0.3, -0.25) is 4.98 Å². The van der Waals surface area contributed by atoms with Crippen LogP contribution in [0.1, 0.15) is 33.1 Å². The molecule has 1 aliphatic rings. The first-order valence-corrected chi connectivity index (χ1v) is 6.74. The summed E-state index contributed by atoms with van der Waals surface area (Å²) in [5, 5.41) is 4.89. The number of rotatable bonds is 2. The highest BCUT2D eigenvalue weighted by atomic mass is 14.9. The summed E-state index contributed by atoms with van der Waals surface area (Å²) >= 11 is 0. The van der Waals surface area contributed by atoms with Crippen molar-refractivity contribution in [2.45, 2.75) is 39.2 Å². The molecule has 1 aromatic heterocycles. The van der Waals surface area contributed by atoms with Gasteiger partial charge in [0.15, 0.2) is 0 Å². The van der Waals surface area contributed by atoms with Gasteiger partial charge < -0.3 is 5.32 Å². The quantitative estimate of drug-likeness (QED) is 0.850. The molecule has 1 heterocycles. The molecule has 1 aromatic carbocycles. The normalized spacial score (nSPS) is 22.2. The highest BCUT2D eigenvalue weighted by molar-refractivity contribution is 5.90. The Morgan fingerprint density at radius 2 is 2.06 bits per heavy atom. The number of para-hydroxylation sites is 1. The van der Waals surface area contributed by atoms with Crippen molar-refractivity contribution < 1.29 is 0 Å². The van der Waals surface area contributed by atoms with E-state index >= 15 is 0 Å². The maximum Gasteiger partial charge on any atom is 0.0933 e. The standard InChI is InChI=1S/C16H20N2/c1-16(2)9-8-13(11-16)18-14-7-3-5-12-6-4-10-17-15(12)14/h3-7,10,13,18H,8-9,11H2,1-2H3. The van der Waals surface area contributed by atoms with Crippen molar-refractivity contribution >= 4 is 16.6 Å². The van der Waals surface area contributed by atoms with Crippen LogP contribution in [0.15, 0.2) is 36.5 Å². The Hall–Kier alpha value is -1.57. The van der Waals surface area contributed by atoms with E-state index in [-0.39, 0.29) is 0 Å². The van der Waals surface area contributed by atoms with Crippen molar-refractivity contribution in [1.82, 2.24) is 4.98 Å². The SMILES string of the molecule is CC1(C)CCC(Nc2cccc3cccnc23)C1. The van der Waals surface area contributed by atoms with Gasteiger partial charge in [0.05, 0.1) is 11.2 Å². The minimum Gasteiger partial charge on any atom is -0.381 e. The lowest BCUT2D eigenvalue weighted by Crippen LogP contribution is -2.17. The molecule has 2 nitrogen and oxygen atoms in total. The third kappa shape index (κ3) is 2.20. The smallest absolute Gasteiger partial charge is 0.0933 e. The Bertz CT molecular complexity index is 555. The fraction of sp³-hybridized carbons (Fsp3) is 0.438. The maximum absolute atomic E-state index is 4.50. The molecule has 0 amide bonds. The van der Waals surface area contributed by atoms with Crippen LogP contribution in [0, 0.1) is 5.41 Å². The molecule has 0 saturated heterocycles. The van der Waals surface area contributed by atoms with Crippen LogP contribution in [0.2, 0.25) is 0 Å². The number of anilines is 1. The first-order chi connectivity index (χ1) is 8.64. The van der Waals surface area contributed by atoms with E-state index in [1.54, 1.807) is 0 Å². The second-order valence-electron chi connectivity index (χ2n) is 6.13. The Balaban J connectivity index is 1.87. The Kier molecular flexibility index (Phi) is 2.73. The highest BCUT2D eigenvalue weighted by Crippen LogP contribution is 2.38. The molecule has 0 spiro atoms. The van der Waals surface area contributed by atoms with Gasteiger partial charge in [-0.15, -0.1) is 0 Å². The van der Waals surface area contributed by atoms with Gasteiger partial charge in [-0.2, -0.15) is 0 Å². The number of fused-ring (bicyclic) bond motifs is 1. The predicted molar refractivity (Wildman–Crippen MR) is 76.8 cm³/mol. The average Bonchev–Trinajstić information content (AvgIpc) is 2.69. The van der Waals surface area contributed by atoms with Crippen molar-refractivity contribution in [2.75, 3.05) is 5.32 Å². The van der Waals surface area contributed by atoms with Crippen LogP contribution in [0.3, 0.4) is 0 Å². The van der Waals surface area contributed by atoms with Crippen molar-refractivity contribution in [3.05, 3.63) is 36.5 Å². The lowest BCUT2D eigenvalue weighted by molar-refractivity contribution is 0.378. The van der Waals surface area contributed by atoms with E-state index in [1.165, 1.54) is 30.3 Å². The topological polar surface area (TPSA) is 24.9 Å². The molecule has 18 heavy (non-hydrogen) atoms. The summed E-state index contributed by atoms with van der Waals surface area (Å²) in [4.78, 5) is 4.50. The molecular weight excluding hydrogens is 220 g/mol.